The van der Waals surface area contributed by atoms with Gasteiger partial charge in [-0.3, -0.25) is 0 Å². The molecule has 37 heavy (non-hydrogen) atoms. The Morgan fingerprint density at radius 3 is 1.30 bits per heavy atom. The van der Waals surface area contributed by atoms with Crippen LogP contribution < -0.4 is 0 Å². The molecule has 2 aromatic rings. The van der Waals surface area contributed by atoms with Crippen molar-refractivity contribution in [2.45, 2.75) is 97.3 Å². The van der Waals surface area contributed by atoms with Gasteiger partial charge in [-0.25, -0.2) is 0 Å². The Kier molecular flexibility index (Phi) is 13.7. The van der Waals surface area contributed by atoms with Gasteiger partial charge in [0.1, 0.15) is 0 Å². The molecule has 0 spiro atoms. The van der Waals surface area contributed by atoms with Crippen LogP contribution in [0, 0.1) is 7.14 Å². The highest BCUT2D eigenvalue weighted by Gasteiger charge is 2.42. The van der Waals surface area contributed by atoms with E-state index in [0.717, 1.165) is 0 Å². The van der Waals surface area contributed by atoms with Crippen LogP contribution >= 0.6 is 45.2 Å². The third-order valence-corrected chi connectivity index (χ3v) is 10.1. The highest BCUT2D eigenvalue weighted by atomic mass is 127. The van der Waals surface area contributed by atoms with E-state index in [-0.39, 0.29) is 5.41 Å². The minimum Gasteiger partial charge on any atom is -0.304 e. The van der Waals surface area contributed by atoms with E-state index in [9.17, 15) is 0 Å². The van der Waals surface area contributed by atoms with Crippen LogP contribution in [0.5, 0.6) is 0 Å². The van der Waals surface area contributed by atoms with Crippen molar-refractivity contribution in [2.75, 3.05) is 39.3 Å². The summed E-state index contributed by atoms with van der Waals surface area (Å²) in [6.07, 6.45) is 13.3. The van der Waals surface area contributed by atoms with E-state index in [0.29, 0.717) is 0 Å². The summed E-state index contributed by atoms with van der Waals surface area (Å²) in [5, 5.41) is 0. The van der Waals surface area contributed by atoms with Gasteiger partial charge in [0.25, 0.3) is 0 Å². The predicted molar refractivity (Wildman–Crippen MR) is 180 cm³/mol. The maximum Gasteiger partial charge on any atom is 0.0216 e. The first-order chi connectivity index (χ1) is 18.0. The summed E-state index contributed by atoms with van der Waals surface area (Å²) in [4.78, 5) is 5.13. The highest BCUT2D eigenvalue weighted by Crippen LogP contribution is 2.54. The Morgan fingerprint density at radius 1 is 0.541 bits per heavy atom. The summed E-state index contributed by atoms with van der Waals surface area (Å²) >= 11 is 5.05. The number of benzene rings is 2. The molecule has 0 amide bonds. The summed E-state index contributed by atoms with van der Waals surface area (Å²) in [5.74, 6) is 0. The SMILES string of the molecule is CCN(CC)CCCCCCC1(CCCCCCN(CC)CC)c2cc(I)ccc2-c2ccc(I)cc21. The third kappa shape index (κ3) is 8.40. The number of halogens is 2. The molecule has 3 rings (SSSR count). The Balaban J connectivity index is 1.72. The summed E-state index contributed by atoms with van der Waals surface area (Å²) in [5.41, 5.74) is 6.40. The first-order valence-corrected chi connectivity index (χ1v) is 17.2. The van der Waals surface area contributed by atoms with Crippen LogP contribution in [0.3, 0.4) is 0 Å². The molecule has 2 aromatic carbocycles. The molecular weight excluding hydrogens is 678 g/mol. The van der Waals surface area contributed by atoms with E-state index in [2.05, 4.69) is 119 Å². The third-order valence-electron chi connectivity index (χ3n) is 8.73. The van der Waals surface area contributed by atoms with Gasteiger partial charge in [-0.15, -0.1) is 0 Å². The lowest BCUT2D eigenvalue weighted by atomic mass is 9.70. The number of hydrogen-bond acceptors (Lipinski definition) is 2. The second-order valence-electron chi connectivity index (χ2n) is 10.8. The number of rotatable bonds is 18. The van der Waals surface area contributed by atoms with Gasteiger partial charge in [0.2, 0.25) is 0 Å². The van der Waals surface area contributed by atoms with Crippen molar-refractivity contribution >= 4 is 45.2 Å². The number of fused-ring (bicyclic) bond motifs is 3. The second kappa shape index (κ2) is 16.2. The fourth-order valence-electron chi connectivity index (χ4n) is 6.41. The molecule has 1 aliphatic carbocycles. The standard InChI is InChI=1S/C33H50I2N2/c1-5-36(6-2)23-15-11-9-13-21-33(22-14-10-12-16-24-37(7-3)8-4)31-25-27(34)17-19-29(31)30-20-18-28(35)26-32(30)33/h17-20,25-26H,5-16,21-24H2,1-4H3. The van der Waals surface area contributed by atoms with Crippen LogP contribution in [0.2, 0.25) is 0 Å². The Bertz CT molecular complexity index is 872. The van der Waals surface area contributed by atoms with E-state index in [1.165, 1.54) is 122 Å². The Labute approximate surface area is 255 Å². The van der Waals surface area contributed by atoms with Gasteiger partial charge in [-0.1, -0.05) is 78.4 Å². The van der Waals surface area contributed by atoms with Crippen molar-refractivity contribution in [3.63, 3.8) is 0 Å². The van der Waals surface area contributed by atoms with E-state index >= 15 is 0 Å². The zero-order valence-electron chi connectivity index (χ0n) is 23.9. The number of nitrogens with zero attached hydrogens (tertiary/aromatic N) is 2. The van der Waals surface area contributed by atoms with Gasteiger partial charge < -0.3 is 9.80 Å². The molecule has 0 heterocycles. The van der Waals surface area contributed by atoms with Gasteiger partial charge >= 0.3 is 0 Å². The Hall–Kier alpha value is -0.180. The quantitative estimate of drug-likeness (QED) is 0.112. The first kappa shape index (κ1) is 31.3. The van der Waals surface area contributed by atoms with Gasteiger partial charge in [-0.2, -0.15) is 0 Å². The molecule has 4 heteroatoms. The summed E-state index contributed by atoms with van der Waals surface area (Å²) in [6, 6.07) is 14.4. The van der Waals surface area contributed by atoms with Crippen molar-refractivity contribution in [2.24, 2.45) is 0 Å². The normalized spacial score (nSPS) is 13.9. The van der Waals surface area contributed by atoms with Crippen LogP contribution in [-0.2, 0) is 5.41 Å². The molecule has 0 aromatic heterocycles. The molecule has 0 saturated carbocycles. The number of hydrogen-bond donors (Lipinski definition) is 0. The second-order valence-corrected chi connectivity index (χ2v) is 13.3. The number of unbranched alkanes of at least 4 members (excludes halogenated alkanes) is 6. The van der Waals surface area contributed by atoms with Crippen molar-refractivity contribution in [1.29, 1.82) is 0 Å². The average molecular weight is 729 g/mol. The van der Waals surface area contributed by atoms with E-state index in [1.807, 2.05) is 0 Å². The molecule has 0 atom stereocenters. The summed E-state index contributed by atoms with van der Waals surface area (Å²) < 4.78 is 2.75. The highest BCUT2D eigenvalue weighted by molar-refractivity contribution is 14.1. The molecule has 0 N–H and O–H groups in total. The van der Waals surface area contributed by atoms with E-state index < -0.39 is 0 Å². The molecule has 2 nitrogen and oxygen atoms in total. The predicted octanol–water partition coefficient (Wildman–Crippen LogP) is 9.75. The fourth-order valence-corrected chi connectivity index (χ4v) is 7.40. The minimum atomic E-state index is 0.185. The molecule has 0 aliphatic heterocycles. The lowest BCUT2D eigenvalue weighted by molar-refractivity contribution is 0.292. The monoisotopic (exact) mass is 728 g/mol. The van der Waals surface area contributed by atoms with Crippen LogP contribution in [0.15, 0.2) is 36.4 Å². The lowest BCUT2D eigenvalue weighted by Crippen LogP contribution is -2.26. The zero-order valence-corrected chi connectivity index (χ0v) is 28.2. The van der Waals surface area contributed by atoms with Crippen LogP contribution in [-0.4, -0.2) is 49.1 Å². The topological polar surface area (TPSA) is 6.48 Å². The largest absolute Gasteiger partial charge is 0.304 e. The molecule has 0 saturated heterocycles. The van der Waals surface area contributed by atoms with Gasteiger partial charge in [0.15, 0.2) is 0 Å². The van der Waals surface area contributed by atoms with Crippen LogP contribution in [0.1, 0.15) is 103 Å². The van der Waals surface area contributed by atoms with Gasteiger partial charge in [0, 0.05) is 12.6 Å². The zero-order chi connectivity index (χ0) is 26.7. The van der Waals surface area contributed by atoms with E-state index in [1.54, 1.807) is 11.1 Å². The molecule has 0 radical (unpaired) electrons. The maximum atomic E-state index is 2.56. The van der Waals surface area contributed by atoms with E-state index in [4.69, 9.17) is 0 Å². The molecule has 206 valence electrons. The Morgan fingerprint density at radius 2 is 0.919 bits per heavy atom. The van der Waals surface area contributed by atoms with Gasteiger partial charge in [-0.05, 0) is 157 Å². The fraction of sp³-hybridized carbons (Fsp3) is 0.636. The molecule has 1 aliphatic rings. The first-order valence-electron chi connectivity index (χ1n) is 15.0. The minimum absolute atomic E-state index is 0.185. The molecule has 0 unspecified atom stereocenters. The molecule has 0 fully saturated rings. The maximum absolute atomic E-state index is 2.56. The van der Waals surface area contributed by atoms with Crippen molar-refractivity contribution in [3.05, 3.63) is 54.7 Å². The van der Waals surface area contributed by atoms with Crippen molar-refractivity contribution in [1.82, 2.24) is 9.80 Å². The lowest BCUT2D eigenvalue weighted by Gasteiger charge is -2.33. The average Bonchev–Trinajstić information content (AvgIpc) is 3.16. The molecule has 0 bridgehead atoms. The summed E-state index contributed by atoms with van der Waals surface area (Å²) in [7, 11) is 0. The summed E-state index contributed by atoms with van der Waals surface area (Å²) in [6.45, 7) is 16.4. The van der Waals surface area contributed by atoms with Gasteiger partial charge in [0.05, 0.1) is 0 Å². The smallest absolute Gasteiger partial charge is 0.0216 e. The van der Waals surface area contributed by atoms with Crippen molar-refractivity contribution < 1.29 is 0 Å². The van der Waals surface area contributed by atoms with Crippen molar-refractivity contribution in [3.8, 4) is 11.1 Å². The molecular formula is C33H50I2N2. The van der Waals surface area contributed by atoms with Crippen LogP contribution in [0.25, 0.3) is 11.1 Å². The van der Waals surface area contributed by atoms with Crippen LogP contribution in [0.4, 0.5) is 0 Å².